The molecule has 0 aliphatic carbocycles. The van der Waals surface area contributed by atoms with Crippen LogP contribution in [0.3, 0.4) is 0 Å². The molecular weight excluding hydrogens is 314 g/mol. The lowest BCUT2D eigenvalue weighted by Gasteiger charge is -2.18. The van der Waals surface area contributed by atoms with Crippen molar-refractivity contribution in [2.24, 2.45) is 0 Å². The summed E-state index contributed by atoms with van der Waals surface area (Å²) < 4.78 is 13.3. The van der Waals surface area contributed by atoms with E-state index in [1.807, 2.05) is 0 Å². The van der Waals surface area contributed by atoms with Crippen LogP contribution in [0.2, 0.25) is 10.0 Å². The largest absolute Gasteiger partial charge is 0.399 e. The summed E-state index contributed by atoms with van der Waals surface area (Å²) in [5, 5.41) is 0.822. The quantitative estimate of drug-likeness (QED) is 0.867. The molecule has 2 aromatic rings. The van der Waals surface area contributed by atoms with Crippen molar-refractivity contribution in [2.75, 3.05) is 12.8 Å². The maximum Gasteiger partial charge on any atom is 0.254 e. The highest BCUT2D eigenvalue weighted by Gasteiger charge is 2.15. The molecule has 2 aromatic carbocycles. The van der Waals surface area contributed by atoms with Gasteiger partial charge in [-0.2, -0.15) is 0 Å². The molecule has 2 rings (SSSR count). The minimum absolute atomic E-state index is 0.188. The molecule has 0 atom stereocenters. The average molecular weight is 327 g/mol. The van der Waals surface area contributed by atoms with Gasteiger partial charge in [-0.3, -0.25) is 4.79 Å². The molecular formula is C15H13Cl2FN2O. The van der Waals surface area contributed by atoms with E-state index in [0.29, 0.717) is 15.6 Å². The van der Waals surface area contributed by atoms with Gasteiger partial charge in [0, 0.05) is 24.8 Å². The summed E-state index contributed by atoms with van der Waals surface area (Å²) in [4.78, 5) is 13.7. The van der Waals surface area contributed by atoms with Crippen LogP contribution in [0.1, 0.15) is 15.9 Å². The van der Waals surface area contributed by atoms with Crippen LogP contribution >= 0.6 is 23.2 Å². The van der Waals surface area contributed by atoms with Crippen LogP contribution in [0.15, 0.2) is 36.4 Å². The number of carbonyl (C=O) groups is 1. The second-order valence-electron chi connectivity index (χ2n) is 4.65. The number of benzene rings is 2. The zero-order chi connectivity index (χ0) is 15.6. The summed E-state index contributed by atoms with van der Waals surface area (Å²) in [6, 6.07) is 8.93. The fourth-order valence-electron chi connectivity index (χ4n) is 1.95. The number of hydrogen-bond donors (Lipinski definition) is 1. The zero-order valence-electron chi connectivity index (χ0n) is 11.2. The number of rotatable bonds is 3. The van der Waals surface area contributed by atoms with E-state index >= 15 is 0 Å². The summed E-state index contributed by atoms with van der Waals surface area (Å²) in [6.07, 6.45) is 0. The number of nitrogens with two attached hydrogens (primary N) is 1. The molecule has 0 aliphatic rings. The van der Waals surface area contributed by atoms with Crippen molar-refractivity contribution in [1.82, 2.24) is 4.90 Å². The minimum atomic E-state index is -0.549. The number of nitrogen functional groups attached to an aromatic ring is 1. The van der Waals surface area contributed by atoms with E-state index in [2.05, 4.69) is 0 Å². The van der Waals surface area contributed by atoms with E-state index in [0.717, 1.165) is 12.1 Å². The molecule has 6 heteroatoms. The summed E-state index contributed by atoms with van der Waals surface area (Å²) >= 11 is 12.0. The Labute approximate surface area is 132 Å². The first-order valence-corrected chi connectivity index (χ1v) is 6.88. The van der Waals surface area contributed by atoms with Gasteiger partial charge in [0.15, 0.2) is 0 Å². The lowest BCUT2D eigenvalue weighted by molar-refractivity contribution is 0.0784. The number of hydrogen-bond acceptors (Lipinski definition) is 2. The standard InChI is InChI=1S/C15H13Cl2FN2O/c1-20(8-9-3-2-4-13(16)14(9)17)15(21)10-5-11(18)7-12(19)6-10/h2-7H,8,19H2,1H3. The Morgan fingerprint density at radius 1 is 1.29 bits per heavy atom. The Kier molecular flexibility index (Phi) is 4.70. The summed E-state index contributed by atoms with van der Waals surface area (Å²) in [5.74, 6) is -0.898. The third kappa shape index (κ3) is 3.65. The van der Waals surface area contributed by atoms with Crippen LogP contribution in [0.4, 0.5) is 10.1 Å². The molecule has 0 saturated heterocycles. The van der Waals surface area contributed by atoms with Gasteiger partial charge in [-0.15, -0.1) is 0 Å². The van der Waals surface area contributed by atoms with Gasteiger partial charge in [0.2, 0.25) is 0 Å². The first-order valence-electron chi connectivity index (χ1n) is 6.13. The van der Waals surface area contributed by atoms with E-state index in [1.165, 1.54) is 11.0 Å². The second-order valence-corrected chi connectivity index (χ2v) is 5.43. The molecule has 0 aromatic heterocycles. The Morgan fingerprint density at radius 3 is 2.67 bits per heavy atom. The SMILES string of the molecule is CN(Cc1cccc(Cl)c1Cl)C(=O)c1cc(N)cc(F)c1. The number of halogens is 3. The van der Waals surface area contributed by atoms with Crippen molar-refractivity contribution in [1.29, 1.82) is 0 Å². The van der Waals surface area contributed by atoms with Crippen LogP contribution in [0, 0.1) is 5.82 Å². The smallest absolute Gasteiger partial charge is 0.254 e. The Bertz CT molecular complexity index is 671. The van der Waals surface area contributed by atoms with E-state index in [1.54, 1.807) is 25.2 Å². The molecule has 0 heterocycles. The van der Waals surface area contributed by atoms with Gasteiger partial charge in [0.25, 0.3) is 5.91 Å². The average Bonchev–Trinajstić information content (AvgIpc) is 2.42. The number of nitrogens with zero attached hydrogens (tertiary/aromatic N) is 1. The summed E-state index contributed by atoms with van der Waals surface area (Å²) in [7, 11) is 1.60. The van der Waals surface area contributed by atoms with Crippen molar-refractivity contribution in [3.63, 3.8) is 0 Å². The maximum absolute atomic E-state index is 13.3. The fourth-order valence-corrected chi connectivity index (χ4v) is 2.33. The first kappa shape index (κ1) is 15.6. The molecule has 2 N–H and O–H groups in total. The molecule has 0 radical (unpaired) electrons. The minimum Gasteiger partial charge on any atom is -0.399 e. The van der Waals surface area contributed by atoms with Crippen LogP contribution in [-0.2, 0) is 6.54 Å². The highest BCUT2D eigenvalue weighted by atomic mass is 35.5. The molecule has 0 fully saturated rings. The van der Waals surface area contributed by atoms with Gasteiger partial charge in [-0.05, 0) is 29.8 Å². The highest BCUT2D eigenvalue weighted by Crippen LogP contribution is 2.26. The number of carbonyl (C=O) groups excluding carboxylic acids is 1. The Morgan fingerprint density at radius 2 is 2.00 bits per heavy atom. The molecule has 0 bridgehead atoms. The van der Waals surface area contributed by atoms with Crippen molar-refractivity contribution in [3.8, 4) is 0 Å². The third-order valence-electron chi connectivity index (χ3n) is 2.95. The van der Waals surface area contributed by atoms with Crippen LogP contribution in [0.25, 0.3) is 0 Å². The zero-order valence-corrected chi connectivity index (χ0v) is 12.7. The Hall–Kier alpha value is -1.78. The highest BCUT2D eigenvalue weighted by molar-refractivity contribution is 6.42. The van der Waals surface area contributed by atoms with Crippen LogP contribution in [0.5, 0.6) is 0 Å². The van der Waals surface area contributed by atoms with Gasteiger partial charge in [-0.1, -0.05) is 35.3 Å². The topological polar surface area (TPSA) is 46.3 Å². The predicted molar refractivity (Wildman–Crippen MR) is 83.1 cm³/mol. The first-order chi connectivity index (χ1) is 9.88. The van der Waals surface area contributed by atoms with Crippen molar-refractivity contribution in [2.45, 2.75) is 6.54 Å². The molecule has 0 saturated carbocycles. The van der Waals surface area contributed by atoms with Crippen LogP contribution in [-0.4, -0.2) is 17.9 Å². The van der Waals surface area contributed by atoms with Gasteiger partial charge in [-0.25, -0.2) is 4.39 Å². The van der Waals surface area contributed by atoms with Crippen molar-refractivity contribution in [3.05, 3.63) is 63.4 Å². The number of anilines is 1. The number of amides is 1. The van der Waals surface area contributed by atoms with E-state index < -0.39 is 5.82 Å². The molecule has 1 amide bonds. The molecule has 0 spiro atoms. The van der Waals surface area contributed by atoms with Crippen LogP contribution < -0.4 is 5.73 Å². The molecule has 21 heavy (non-hydrogen) atoms. The lowest BCUT2D eigenvalue weighted by atomic mass is 10.1. The summed E-state index contributed by atoms with van der Waals surface area (Å²) in [5.41, 5.74) is 6.65. The van der Waals surface area contributed by atoms with Gasteiger partial charge < -0.3 is 10.6 Å². The van der Waals surface area contributed by atoms with Gasteiger partial charge in [0.1, 0.15) is 5.82 Å². The van der Waals surface area contributed by atoms with Gasteiger partial charge >= 0.3 is 0 Å². The maximum atomic E-state index is 13.3. The monoisotopic (exact) mass is 326 g/mol. The van der Waals surface area contributed by atoms with E-state index in [4.69, 9.17) is 28.9 Å². The Balaban J connectivity index is 2.21. The third-order valence-corrected chi connectivity index (χ3v) is 3.81. The van der Waals surface area contributed by atoms with Gasteiger partial charge in [0.05, 0.1) is 10.0 Å². The molecule has 0 unspecified atom stereocenters. The fraction of sp³-hybridized carbons (Fsp3) is 0.133. The molecule has 3 nitrogen and oxygen atoms in total. The van der Waals surface area contributed by atoms with Crippen molar-refractivity contribution >= 4 is 34.8 Å². The lowest BCUT2D eigenvalue weighted by Crippen LogP contribution is -2.26. The van der Waals surface area contributed by atoms with Crippen molar-refractivity contribution < 1.29 is 9.18 Å². The van der Waals surface area contributed by atoms with E-state index in [-0.39, 0.29) is 23.7 Å². The summed E-state index contributed by atoms with van der Waals surface area (Å²) in [6.45, 7) is 0.259. The van der Waals surface area contributed by atoms with E-state index in [9.17, 15) is 9.18 Å². The normalized spacial score (nSPS) is 10.5. The molecule has 0 aliphatic heterocycles. The predicted octanol–water partition coefficient (Wildman–Crippen LogP) is 3.99. The molecule has 110 valence electrons. The second kappa shape index (κ2) is 6.33.